The van der Waals surface area contributed by atoms with Crippen molar-refractivity contribution in [2.24, 2.45) is 0 Å². The minimum Gasteiger partial charge on any atom is -0.505 e. The molecule has 1 aliphatic rings. The zero-order chi connectivity index (χ0) is 17.9. The third-order valence-corrected chi connectivity index (χ3v) is 4.69. The maximum absolute atomic E-state index is 12.3. The number of anilines is 1. The molecule has 8 heteroatoms. The van der Waals surface area contributed by atoms with Crippen LogP contribution in [0.1, 0.15) is 0 Å². The Bertz CT molecular complexity index is 785. The second-order valence-corrected chi connectivity index (χ2v) is 6.56. The summed E-state index contributed by atoms with van der Waals surface area (Å²) in [5.41, 5.74) is 0.260. The first-order chi connectivity index (χ1) is 11.4. The number of hydrogen-bond donors (Lipinski definition) is 1. The molecule has 1 heterocycles. The van der Waals surface area contributed by atoms with Gasteiger partial charge < -0.3 is 19.5 Å². The van der Waals surface area contributed by atoms with Crippen LogP contribution in [-0.4, -0.2) is 31.3 Å². The number of allylic oxidation sites excluding steroid dienone is 2. The maximum Gasteiger partial charge on any atom is 0.355 e. The lowest BCUT2D eigenvalue weighted by Gasteiger charge is -2.25. The molecule has 24 heavy (non-hydrogen) atoms. The summed E-state index contributed by atoms with van der Waals surface area (Å²) in [6, 6.07) is 3.45. The highest BCUT2D eigenvalue weighted by Gasteiger charge is 2.30. The smallest absolute Gasteiger partial charge is 0.355 e. The van der Waals surface area contributed by atoms with Crippen LogP contribution < -0.4 is 4.90 Å². The molecule has 1 N–H and O–H groups in total. The molecule has 6 nitrogen and oxygen atoms in total. The lowest BCUT2D eigenvalue weighted by Crippen LogP contribution is -2.27. The molecule has 0 saturated carbocycles. The number of halogens is 2. The van der Waals surface area contributed by atoms with Gasteiger partial charge >= 0.3 is 11.9 Å². The molecule has 0 radical (unpaired) electrons. The average molecular weight is 506 g/mol. The summed E-state index contributed by atoms with van der Waals surface area (Å²) in [5.74, 6) is -1.47. The number of phenols is 1. The van der Waals surface area contributed by atoms with Gasteiger partial charge in [0.25, 0.3) is 0 Å². The number of carbonyl (C=O) groups is 2. The molecule has 0 aliphatic carbocycles. The van der Waals surface area contributed by atoms with E-state index in [-0.39, 0.29) is 17.0 Å². The van der Waals surface area contributed by atoms with Crippen LogP contribution in [0.3, 0.4) is 0 Å². The van der Waals surface area contributed by atoms with E-state index in [9.17, 15) is 14.7 Å². The van der Waals surface area contributed by atoms with E-state index in [2.05, 4.69) is 15.9 Å². The van der Waals surface area contributed by atoms with Gasteiger partial charge in [-0.2, -0.15) is 0 Å². The Labute approximate surface area is 160 Å². The Morgan fingerprint density at radius 2 is 1.83 bits per heavy atom. The summed E-state index contributed by atoms with van der Waals surface area (Å²) in [7, 11) is 2.43. The molecule has 0 unspecified atom stereocenters. The fraction of sp³-hybridized carbons (Fsp3) is 0.125. The topological polar surface area (TPSA) is 76.1 Å². The standard InChI is InChI=1S/C16H13BrINO5/c1-23-15(21)9-5-3-4-8-19(12(9)16(22)24-2)13-10(17)6-7-11(18)14(13)20/h3-8,20H,1-2H3. The van der Waals surface area contributed by atoms with Crippen molar-refractivity contribution in [2.75, 3.05) is 19.1 Å². The van der Waals surface area contributed by atoms with Gasteiger partial charge in [-0.25, -0.2) is 9.59 Å². The quantitative estimate of drug-likeness (QED) is 0.502. The highest BCUT2D eigenvalue weighted by molar-refractivity contribution is 14.1. The van der Waals surface area contributed by atoms with Gasteiger partial charge in [0.2, 0.25) is 0 Å². The van der Waals surface area contributed by atoms with Crippen molar-refractivity contribution in [1.29, 1.82) is 0 Å². The zero-order valence-corrected chi connectivity index (χ0v) is 16.5. The van der Waals surface area contributed by atoms with Crippen molar-refractivity contribution in [3.05, 3.63) is 55.9 Å². The molecule has 126 valence electrons. The fourth-order valence-corrected chi connectivity index (χ4v) is 3.04. The molecule has 1 aromatic carbocycles. The highest BCUT2D eigenvalue weighted by Crippen LogP contribution is 2.41. The summed E-state index contributed by atoms with van der Waals surface area (Å²) in [5, 5.41) is 10.5. The predicted octanol–water partition coefficient (Wildman–Crippen LogP) is 3.25. The number of ether oxygens (including phenoxy) is 2. The Kier molecular flexibility index (Phi) is 6.05. The largest absolute Gasteiger partial charge is 0.505 e. The van der Waals surface area contributed by atoms with E-state index >= 15 is 0 Å². The SMILES string of the molecule is COC(=O)C1=C(C(=O)OC)N(c2c(Br)ccc(I)c2O)C=CC=C1. The van der Waals surface area contributed by atoms with E-state index in [1.807, 2.05) is 22.6 Å². The van der Waals surface area contributed by atoms with E-state index < -0.39 is 11.9 Å². The molecule has 0 fully saturated rings. The van der Waals surface area contributed by atoms with Gasteiger partial charge in [0.05, 0.1) is 23.4 Å². The van der Waals surface area contributed by atoms with E-state index in [1.54, 1.807) is 30.5 Å². The Morgan fingerprint density at radius 3 is 2.46 bits per heavy atom. The van der Waals surface area contributed by atoms with Crippen LogP contribution in [0.5, 0.6) is 5.75 Å². The Hall–Kier alpha value is -1.81. The van der Waals surface area contributed by atoms with Crippen molar-refractivity contribution < 1.29 is 24.2 Å². The lowest BCUT2D eigenvalue weighted by atomic mass is 10.1. The number of esters is 2. The summed E-state index contributed by atoms with van der Waals surface area (Å²) in [4.78, 5) is 25.8. The number of methoxy groups -OCH3 is 2. The van der Waals surface area contributed by atoms with Crippen LogP contribution in [0.2, 0.25) is 0 Å². The first kappa shape index (κ1) is 18.5. The van der Waals surface area contributed by atoms with Crippen LogP contribution in [-0.2, 0) is 19.1 Å². The number of aromatic hydroxyl groups is 1. The summed E-state index contributed by atoms with van der Waals surface area (Å²) in [6.07, 6.45) is 6.22. The summed E-state index contributed by atoms with van der Waals surface area (Å²) in [6.45, 7) is 0. The number of carbonyl (C=O) groups excluding carboxylic acids is 2. The van der Waals surface area contributed by atoms with Crippen molar-refractivity contribution >= 4 is 56.1 Å². The summed E-state index contributed by atoms with van der Waals surface area (Å²) >= 11 is 5.34. The molecule has 0 amide bonds. The van der Waals surface area contributed by atoms with E-state index in [1.165, 1.54) is 25.2 Å². The number of rotatable bonds is 3. The molecule has 0 atom stereocenters. The van der Waals surface area contributed by atoms with E-state index in [0.29, 0.717) is 13.7 Å². The first-order valence-electron chi connectivity index (χ1n) is 6.64. The normalized spacial score (nSPS) is 13.8. The number of benzene rings is 1. The van der Waals surface area contributed by atoms with Crippen LogP contribution in [0, 0.1) is 3.57 Å². The minimum atomic E-state index is -0.739. The molecule has 1 aromatic rings. The maximum atomic E-state index is 12.3. The minimum absolute atomic E-state index is 0.0134. The van der Waals surface area contributed by atoms with E-state index in [4.69, 9.17) is 9.47 Å². The molecular formula is C16H13BrINO5. The monoisotopic (exact) mass is 505 g/mol. The second kappa shape index (κ2) is 7.84. The third-order valence-electron chi connectivity index (χ3n) is 3.18. The van der Waals surface area contributed by atoms with Gasteiger partial charge in [0.1, 0.15) is 11.4 Å². The highest BCUT2D eigenvalue weighted by atomic mass is 127. The first-order valence-corrected chi connectivity index (χ1v) is 8.51. The molecule has 1 aliphatic heterocycles. The molecule has 2 rings (SSSR count). The predicted molar refractivity (Wildman–Crippen MR) is 100 cm³/mol. The van der Waals surface area contributed by atoms with Crippen molar-refractivity contribution in [2.45, 2.75) is 0 Å². The van der Waals surface area contributed by atoms with E-state index in [0.717, 1.165) is 0 Å². The average Bonchev–Trinajstić information content (AvgIpc) is 2.80. The van der Waals surface area contributed by atoms with Gasteiger partial charge in [0, 0.05) is 10.7 Å². The Morgan fingerprint density at radius 1 is 1.17 bits per heavy atom. The summed E-state index contributed by atoms with van der Waals surface area (Å²) < 4.78 is 10.7. The fourth-order valence-electron chi connectivity index (χ4n) is 2.10. The van der Waals surface area contributed by atoms with Gasteiger partial charge in [-0.3, -0.25) is 0 Å². The number of phenolic OH excluding ortho intramolecular Hbond substituents is 1. The van der Waals surface area contributed by atoms with Crippen molar-refractivity contribution in [3.63, 3.8) is 0 Å². The molecular weight excluding hydrogens is 493 g/mol. The third kappa shape index (κ3) is 3.48. The van der Waals surface area contributed by atoms with Crippen molar-refractivity contribution in [3.8, 4) is 5.75 Å². The van der Waals surface area contributed by atoms with Gasteiger partial charge in [-0.1, -0.05) is 6.08 Å². The molecule has 0 aromatic heterocycles. The number of nitrogens with zero attached hydrogens (tertiary/aromatic N) is 1. The molecule has 0 spiro atoms. The van der Waals surface area contributed by atoms with Crippen LogP contribution >= 0.6 is 38.5 Å². The second-order valence-electron chi connectivity index (χ2n) is 4.54. The van der Waals surface area contributed by atoms with Crippen molar-refractivity contribution in [1.82, 2.24) is 0 Å². The van der Waals surface area contributed by atoms with Gasteiger partial charge in [0.15, 0.2) is 5.75 Å². The lowest BCUT2D eigenvalue weighted by molar-refractivity contribution is -0.139. The molecule has 0 bridgehead atoms. The van der Waals surface area contributed by atoms with Crippen LogP contribution in [0.15, 0.2) is 52.3 Å². The van der Waals surface area contributed by atoms with Crippen LogP contribution in [0.4, 0.5) is 5.69 Å². The molecule has 0 saturated heterocycles. The van der Waals surface area contributed by atoms with Gasteiger partial charge in [-0.05, 0) is 62.8 Å². The Balaban J connectivity index is 2.78. The van der Waals surface area contributed by atoms with Gasteiger partial charge in [-0.15, -0.1) is 0 Å². The number of hydrogen-bond acceptors (Lipinski definition) is 6. The van der Waals surface area contributed by atoms with Crippen LogP contribution in [0.25, 0.3) is 0 Å². The zero-order valence-electron chi connectivity index (χ0n) is 12.7.